The summed E-state index contributed by atoms with van der Waals surface area (Å²) in [5, 5.41) is 2.85. The summed E-state index contributed by atoms with van der Waals surface area (Å²) in [6, 6.07) is 14.4. The number of esters is 1. The summed E-state index contributed by atoms with van der Waals surface area (Å²) in [5.41, 5.74) is 2.93. The predicted octanol–water partition coefficient (Wildman–Crippen LogP) is 3.96. The molecule has 2 aromatic carbocycles. The van der Waals surface area contributed by atoms with Crippen molar-refractivity contribution in [2.24, 2.45) is 5.92 Å². The predicted molar refractivity (Wildman–Crippen MR) is 106 cm³/mol. The molecule has 1 atom stereocenters. The Balaban J connectivity index is 1.58. The molecule has 3 rings (SSSR count). The van der Waals surface area contributed by atoms with E-state index in [0.717, 1.165) is 25.6 Å². The van der Waals surface area contributed by atoms with Gasteiger partial charge in [-0.1, -0.05) is 19.1 Å². The molecule has 0 aromatic heterocycles. The molecule has 0 saturated carbocycles. The zero-order valence-electron chi connectivity index (χ0n) is 15.9. The van der Waals surface area contributed by atoms with Gasteiger partial charge in [-0.05, 0) is 67.3 Å². The van der Waals surface area contributed by atoms with Crippen LogP contribution in [0.25, 0.3) is 0 Å². The number of rotatable bonds is 5. The molecule has 0 radical (unpaired) electrons. The van der Waals surface area contributed by atoms with Crippen LogP contribution >= 0.6 is 0 Å². The first kappa shape index (κ1) is 19.1. The van der Waals surface area contributed by atoms with Crippen LogP contribution in [0.3, 0.4) is 0 Å². The molecule has 27 heavy (non-hydrogen) atoms. The fourth-order valence-electron chi connectivity index (χ4n) is 3.46. The monoisotopic (exact) mass is 366 g/mol. The van der Waals surface area contributed by atoms with Crippen molar-refractivity contribution >= 4 is 17.6 Å². The molecule has 5 heteroatoms. The van der Waals surface area contributed by atoms with Crippen LogP contribution in [0.1, 0.15) is 46.0 Å². The highest BCUT2D eigenvalue weighted by Gasteiger charge is 2.16. The molecular formula is C22H26N2O3. The maximum atomic E-state index is 12.4. The Morgan fingerprint density at radius 2 is 1.74 bits per heavy atom. The molecular weight excluding hydrogens is 340 g/mol. The van der Waals surface area contributed by atoms with Crippen molar-refractivity contribution in [1.82, 2.24) is 4.90 Å². The molecule has 1 aliphatic heterocycles. The van der Waals surface area contributed by atoms with Gasteiger partial charge in [-0.15, -0.1) is 0 Å². The Hall–Kier alpha value is -2.66. The summed E-state index contributed by atoms with van der Waals surface area (Å²) in [5.74, 6) is 0.194. The van der Waals surface area contributed by atoms with E-state index in [2.05, 4.69) is 21.9 Å². The summed E-state index contributed by atoms with van der Waals surface area (Å²) in [7, 11) is 1.34. The van der Waals surface area contributed by atoms with Crippen molar-refractivity contribution < 1.29 is 14.3 Å². The molecule has 5 nitrogen and oxygen atoms in total. The zero-order chi connectivity index (χ0) is 19.2. The SMILES string of the molecule is COC(=O)c1ccc(NC(=O)c2ccc(CN3CCC[C@@H](C)C3)cc2)cc1. The van der Waals surface area contributed by atoms with Crippen molar-refractivity contribution in [1.29, 1.82) is 0 Å². The number of nitrogens with one attached hydrogen (secondary N) is 1. The minimum atomic E-state index is -0.397. The Morgan fingerprint density at radius 3 is 2.37 bits per heavy atom. The number of hydrogen-bond donors (Lipinski definition) is 1. The maximum Gasteiger partial charge on any atom is 0.337 e. The summed E-state index contributed by atoms with van der Waals surface area (Å²) in [6.07, 6.45) is 2.58. The number of benzene rings is 2. The van der Waals surface area contributed by atoms with E-state index in [0.29, 0.717) is 16.8 Å². The van der Waals surface area contributed by atoms with Crippen LogP contribution in [-0.4, -0.2) is 37.0 Å². The van der Waals surface area contributed by atoms with Gasteiger partial charge in [0.15, 0.2) is 0 Å². The highest BCUT2D eigenvalue weighted by atomic mass is 16.5. The molecule has 0 bridgehead atoms. The first-order valence-electron chi connectivity index (χ1n) is 9.36. The van der Waals surface area contributed by atoms with Gasteiger partial charge in [-0.3, -0.25) is 9.69 Å². The van der Waals surface area contributed by atoms with E-state index < -0.39 is 5.97 Å². The van der Waals surface area contributed by atoms with Crippen molar-refractivity contribution in [3.63, 3.8) is 0 Å². The van der Waals surface area contributed by atoms with Crippen LogP contribution in [0.5, 0.6) is 0 Å². The third-order valence-corrected chi connectivity index (χ3v) is 4.93. The van der Waals surface area contributed by atoms with Crippen LogP contribution < -0.4 is 5.32 Å². The van der Waals surface area contributed by atoms with E-state index in [-0.39, 0.29) is 5.91 Å². The lowest BCUT2D eigenvalue weighted by Crippen LogP contribution is -2.33. The molecule has 1 N–H and O–H groups in total. The molecule has 1 aliphatic rings. The van der Waals surface area contributed by atoms with Gasteiger partial charge < -0.3 is 10.1 Å². The second-order valence-electron chi connectivity index (χ2n) is 7.20. The number of nitrogens with zero attached hydrogens (tertiary/aromatic N) is 1. The number of ether oxygens (including phenoxy) is 1. The quantitative estimate of drug-likeness (QED) is 0.814. The zero-order valence-corrected chi connectivity index (χ0v) is 15.9. The molecule has 1 saturated heterocycles. The van der Waals surface area contributed by atoms with E-state index in [9.17, 15) is 9.59 Å². The van der Waals surface area contributed by atoms with Gasteiger partial charge in [0.25, 0.3) is 5.91 Å². The van der Waals surface area contributed by atoms with Gasteiger partial charge in [0.2, 0.25) is 0 Å². The number of hydrogen-bond acceptors (Lipinski definition) is 4. The second-order valence-corrected chi connectivity index (χ2v) is 7.20. The second kappa shape index (κ2) is 8.82. The van der Waals surface area contributed by atoms with E-state index in [4.69, 9.17) is 0 Å². The van der Waals surface area contributed by atoms with E-state index in [1.807, 2.05) is 24.3 Å². The minimum Gasteiger partial charge on any atom is -0.465 e. The fraction of sp³-hybridized carbons (Fsp3) is 0.364. The number of piperidine rings is 1. The normalized spacial score (nSPS) is 17.3. The van der Waals surface area contributed by atoms with Gasteiger partial charge >= 0.3 is 5.97 Å². The molecule has 0 aliphatic carbocycles. The van der Waals surface area contributed by atoms with E-state index >= 15 is 0 Å². The van der Waals surface area contributed by atoms with Crippen LogP contribution in [0, 0.1) is 5.92 Å². The number of carbonyl (C=O) groups is 2. The highest BCUT2D eigenvalue weighted by molar-refractivity contribution is 6.04. The Morgan fingerprint density at radius 1 is 1.07 bits per heavy atom. The molecule has 1 amide bonds. The number of carbonyl (C=O) groups excluding carboxylic acids is 2. The molecule has 0 spiro atoms. The van der Waals surface area contributed by atoms with Gasteiger partial charge in [0, 0.05) is 24.3 Å². The Labute approximate surface area is 160 Å². The van der Waals surface area contributed by atoms with Crippen LogP contribution in [0.15, 0.2) is 48.5 Å². The Bertz CT molecular complexity index is 784. The minimum absolute atomic E-state index is 0.168. The molecule has 2 aromatic rings. The van der Waals surface area contributed by atoms with Gasteiger partial charge in [0.1, 0.15) is 0 Å². The van der Waals surface area contributed by atoms with Crippen LogP contribution in [0.2, 0.25) is 0 Å². The van der Waals surface area contributed by atoms with Crippen LogP contribution in [-0.2, 0) is 11.3 Å². The average molecular weight is 366 g/mol. The van der Waals surface area contributed by atoms with Crippen molar-refractivity contribution in [3.05, 3.63) is 65.2 Å². The van der Waals surface area contributed by atoms with Gasteiger partial charge in [-0.25, -0.2) is 4.79 Å². The lowest BCUT2D eigenvalue weighted by Gasteiger charge is -2.30. The fourth-order valence-corrected chi connectivity index (χ4v) is 3.46. The van der Waals surface area contributed by atoms with Crippen molar-refractivity contribution in [2.75, 3.05) is 25.5 Å². The Kier molecular flexibility index (Phi) is 6.24. The number of likely N-dealkylation sites (tertiary alicyclic amines) is 1. The van der Waals surface area contributed by atoms with Crippen molar-refractivity contribution in [2.45, 2.75) is 26.3 Å². The maximum absolute atomic E-state index is 12.4. The summed E-state index contributed by atoms with van der Waals surface area (Å²) < 4.78 is 4.67. The van der Waals surface area contributed by atoms with Gasteiger partial charge in [0.05, 0.1) is 12.7 Å². The largest absolute Gasteiger partial charge is 0.465 e. The lowest BCUT2D eigenvalue weighted by atomic mass is 9.99. The van der Waals surface area contributed by atoms with Crippen LogP contribution in [0.4, 0.5) is 5.69 Å². The highest BCUT2D eigenvalue weighted by Crippen LogP contribution is 2.18. The molecule has 1 heterocycles. The van der Waals surface area contributed by atoms with E-state index in [1.54, 1.807) is 24.3 Å². The smallest absolute Gasteiger partial charge is 0.337 e. The van der Waals surface area contributed by atoms with E-state index in [1.165, 1.54) is 25.5 Å². The standard InChI is InChI=1S/C22H26N2O3/c1-16-4-3-13-24(14-16)15-17-5-7-18(8-6-17)21(25)23-20-11-9-19(10-12-20)22(26)27-2/h5-12,16H,3-4,13-15H2,1-2H3,(H,23,25)/t16-/m1/s1. The first-order valence-corrected chi connectivity index (χ1v) is 9.36. The summed E-state index contributed by atoms with van der Waals surface area (Å²) in [4.78, 5) is 26.3. The first-order chi connectivity index (χ1) is 13.0. The number of anilines is 1. The van der Waals surface area contributed by atoms with Crippen molar-refractivity contribution in [3.8, 4) is 0 Å². The molecule has 142 valence electrons. The van der Waals surface area contributed by atoms with Gasteiger partial charge in [-0.2, -0.15) is 0 Å². The molecule has 1 fully saturated rings. The topological polar surface area (TPSA) is 58.6 Å². The molecule has 0 unspecified atom stereocenters. The number of methoxy groups -OCH3 is 1. The third kappa shape index (κ3) is 5.17. The third-order valence-electron chi connectivity index (χ3n) is 4.93. The lowest BCUT2D eigenvalue weighted by molar-refractivity contribution is 0.0600. The average Bonchev–Trinajstić information content (AvgIpc) is 2.68. The number of amides is 1. The summed E-state index contributed by atoms with van der Waals surface area (Å²) in [6.45, 7) is 5.52. The summed E-state index contributed by atoms with van der Waals surface area (Å²) >= 11 is 0.